The standard InChI is InChI=1S/C12H15BrN/c1-14-9-5-8-11(13)12(14)10-6-3-2-4-7-10/h2-4,6-7,11H,5,8-9H2,1H3/q+1. The Labute approximate surface area is 93.6 Å². The highest BCUT2D eigenvalue weighted by molar-refractivity contribution is 9.10. The minimum atomic E-state index is 0.517. The Hall–Kier alpha value is -0.630. The summed E-state index contributed by atoms with van der Waals surface area (Å²) in [6.45, 7) is 1.17. The van der Waals surface area contributed by atoms with Gasteiger partial charge in [-0.1, -0.05) is 34.1 Å². The van der Waals surface area contributed by atoms with Crippen molar-refractivity contribution < 1.29 is 4.58 Å². The molecule has 1 aromatic rings. The van der Waals surface area contributed by atoms with Gasteiger partial charge >= 0.3 is 0 Å². The predicted octanol–water partition coefficient (Wildman–Crippen LogP) is 2.68. The van der Waals surface area contributed by atoms with Crippen molar-refractivity contribution in [1.29, 1.82) is 0 Å². The molecule has 0 spiro atoms. The maximum absolute atomic E-state index is 3.75. The molecule has 0 aliphatic carbocycles. The summed E-state index contributed by atoms with van der Waals surface area (Å²) in [4.78, 5) is 0.517. The van der Waals surface area contributed by atoms with Crippen LogP contribution in [0, 0.1) is 0 Å². The molecule has 2 heteroatoms. The first kappa shape index (κ1) is 9.91. The third kappa shape index (κ3) is 1.90. The first-order chi connectivity index (χ1) is 6.79. The Balaban J connectivity index is 2.41. The average molecular weight is 253 g/mol. The largest absolute Gasteiger partial charge is 0.235 e. The summed E-state index contributed by atoms with van der Waals surface area (Å²) in [5.74, 6) is 0. The minimum Gasteiger partial charge on any atom is -0.235 e. The Kier molecular flexibility index (Phi) is 3.02. The highest BCUT2D eigenvalue weighted by atomic mass is 79.9. The zero-order chi connectivity index (χ0) is 9.97. The van der Waals surface area contributed by atoms with E-state index >= 15 is 0 Å². The summed E-state index contributed by atoms with van der Waals surface area (Å²) >= 11 is 3.75. The normalized spacial score (nSPS) is 22.6. The molecule has 0 fully saturated rings. The predicted molar refractivity (Wildman–Crippen MR) is 63.6 cm³/mol. The van der Waals surface area contributed by atoms with E-state index in [1.165, 1.54) is 30.7 Å². The second-order valence-electron chi connectivity index (χ2n) is 3.78. The molecule has 14 heavy (non-hydrogen) atoms. The monoisotopic (exact) mass is 252 g/mol. The van der Waals surface area contributed by atoms with Gasteiger partial charge in [0, 0.05) is 12.0 Å². The van der Waals surface area contributed by atoms with Gasteiger partial charge in [0.25, 0.3) is 0 Å². The molecule has 1 aliphatic rings. The number of hydrogen-bond acceptors (Lipinski definition) is 0. The lowest BCUT2D eigenvalue weighted by Crippen LogP contribution is -2.32. The van der Waals surface area contributed by atoms with Gasteiger partial charge in [-0.25, -0.2) is 4.58 Å². The van der Waals surface area contributed by atoms with E-state index in [1.54, 1.807) is 0 Å². The van der Waals surface area contributed by atoms with Gasteiger partial charge < -0.3 is 0 Å². The fourth-order valence-electron chi connectivity index (χ4n) is 2.01. The van der Waals surface area contributed by atoms with Crippen molar-refractivity contribution in [2.75, 3.05) is 13.6 Å². The molecule has 0 amide bonds. The molecule has 2 rings (SSSR count). The molecule has 0 aromatic heterocycles. The van der Waals surface area contributed by atoms with Gasteiger partial charge in [0.05, 0.1) is 4.83 Å². The van der Waals surface area contributed by atoms with Crippen molar-refractivity contribution in [2.45, 2.75) is 17.7 Å². The van der Waals surface area contributed by atoms with Crippen LogP contribution < -0.4 is 0 Å². The van der Waals surface area contributed by atoms with Crippen LogP contribution in [0.3, 0.4) is 0 Å². The van der Waals surface area contributed by atoms with Gasteiger partial charge in [0.2, 0.25) is 0 Å². The van der Waals surface area contributed by atoms with Crippen LogP contribution in [0.4, 0.5) is 0 Å². The van der Waals surface area contributed by atoms with Gasteiger partial charge in [-0.3, -0.25) is 0 Å². The Morgan fingerprint density at radius 1 is 1.29 bits per heavy atom. The summed E-state index contributed by atoms with van der Waals surface area (Å²) in [7, 11) is 2.18. The fourth-order valence-corrected chi connectivity index (χ4v) is 2.95. The van der Waals surface area contributed by atoms with Crippen LogP contribution in [0.2, 0.25) is 0 Å². The van der Waals surface area contributed by atoms with Crippen LogP contribution in [0.1, 0.15) is 18.4 Å². The Morgan fingerprint density at radius 3 is 2.64 bits per heavy atom. The fraction of sp³-hybridized carbons (Fsp3) is 0.417. The molecule has 1 atom stereocenters. The molecule has 0 saturated heterocycles. The second-order valence-corrected chi connectivity index (χ2v) is 4.89. The Morgan fingerprint density at radius 2 is 2.00 bits per heavy atom. The van der Waals surface area contributed by atoms with Crippen molar-refractivity contribution in [3.05, 3.63) is 35.9 Å². The number of alkyl halides is 1. The van der Waals surface area contributed by atoms with E-state index in [0.29, 0.717) is 4.83 Å². The minimum absolute atomic E-state index is 0.517. The maximum atomic E-state index is 3.75. The van der Waals surface area contributed by atoms with Crippen LogP contribution >= 0.6 is 15.9 Å². The van der Waals surface area contributed by atoms with Crippen LogP contribution in [0.25, 0.3) is 0 Å². The zero-order valence-electron chi connectivity index (χ0n) is 8.41. The number of nitrogens with zero attached hydrogens (tertiary/aromatic N) is 1. The van der Waals surface area contributed by atoms with Crippen molar-refractivity contribution >= 4 is 21.6 Å². The molecule has 1 aliphatic heterocycles. The molecule has 0 bridgehead atoms. The number of halogens is 1. The maximum Gasteiger partial charge on any atom is 0.196 e. The van der Waals surface area contributed by atoms with Gasteiger partial charge in [-0.05, 0) is 18.6 Å². The number of hydrogen-bond donors (Lipinski definition) is 0. The first-order valence-corrected chi connectivity index (χ1v) is 5.98. The van der Waals surface area contributed by atoms with E-state index in [2.05, 4.69) is 57.9 Å². The zero-order valence-corrected chi connectivity index (χ0v) is 10.00. The van der Waals surface area contributed by atoms with Gasteiger partial charge in [-0.15, -0.1) is 0 Å². The Bertz CT molecular complexity index is 343. The van der Waals surface area contributed by atoms with E-state index in [-0.39, 0.29) is 0 Å². The summed E-state index contributed by atoms with van der Waals surface area (Å²) in [5.41, 5.74) is 2.77. The van der Waals surface area contributed by atoms with E-state index in [9.17, 15) is 0 Å². The average Bonchev–Trinajstić information content (AvgIpc) is 2.19. The second kappa shape index (κ2) is 4.26. The lowest BCUT2D eigenvalue weighted by Gasteiger charge is -2.17. The summed E-state index contributed by atoms with van der Waals surface area (Å²) in [6.07, 6.45) is 2.53. The van der Waals surface area contributed by atoms with Crippen molar-refractivity contribution in [2.24, 2.45) is 0 Å². The first-order valence-electron chi connectivity index (χ1n) is 5.06. The molecule has 1 nitrogen and oxygen atoms in total. The molecule has 1 unspecified atom stereocenters. The SMILES string of the molecule is C[N+]1=C(c2ccccc2)C(Br)CCC1. The van der Waals surface area contributed by atoms with Crippen LogP contribution in [0.15, 0.2) is 30.3 Å². The summed E-state index contributed by atoms with van der Waals surface area (Å²) in [6, 6.07) is 10.6. The van der Waals surface area contributed by atoms with Gasteiger partial charge in [0.15, 0.2) is 5.71 Å². The lowest BCUT2D eigenvalue weighted by atomic mass is 10.0. The molecular weight excluding hydrogens is 238 g/mol. The number of benzene rings is 1. The van der Waals surface area contributed by atoms with Gasteiger partial charge in [-0.2, -0.15) is 0 Å². The third-order valence-corrected chi connectivity index (χ3v) is 3.62. The summed E-state index contributed by atoms with van der Waals surface area (Å²) in [5, 5.41) is 0. The smallest absolute Gasteiger partial charge is 0.196 e. The molecule has 0 radical (unpaired) electrons. The highest BCUT2D eigenvalue weighted by Gasteiger charge is 2.26. The van der Waals surface area contributed by atoms with E-state index in [0.717, 1.165) is 0 Å². The van der Waals surface area contributed by atoms with E-state index in [4.69, 9.17) is 0 Å². The van der Waals surface area contributed by atoms with Crippen LogP contribution in [-0.4, -0.2) is 28.7 Å². The molecule has 0 saturated carbocycles. The van der Waals surface area contributed by atoms with E-state index < -0.39 is 0 Å². The van der Waals surface area contributed by atoms with Crippen molar-refractivity contribution in [3.8, 4) is 0 Å². The summed E-state index contributed by atoms with van der Waals surface area (Å²) < 4.78 is 2.36. The molecule has 74 valence electrons. The topological polar surface area (TPSA) is 3.01 Å². The van der Waals surface area contributed by atoms with E-state index in [1.807, 2.05) is 0 Å². The van der Waals surface area contributed by atoms with Crippen molar-refractivity contribution in [1.82, 2.24) is 0 Å². The molecule has 1 aromatic carbocycles. The highest BCUT2D eigenvalue weighted by Crippen LogP contribution is 2.19. The number of rotatable bonds is 1. The third-order valence-electron chi connectivity index (χ3n) is 2.73. The lowest BCUT2D eigenvalue weighted by molar-refractivity contribution is -0.501. The quantitative estimate of drug-likeness (QED) is 0.534. The van der Waals surface area contributed by atoms with Crippen LogP contribution in [0.5, 0.6) is 0 Å². The molecule has 1 heterocycles. The molecular formula is C12H15BrN+. The van der Waals surface area contributed by atoms with Gasteiger partial charge in [0.1, 0.15) is 13.6 Å². The van der Waals surface area contributed by atoms with Crippen molar-refractivity contribution in [3.63, 3.8) is 0 Å². The van der Waals surface area contributed by atoms with Crippen LogP contribution in [-0.2, 0) is 0 Å². The molecule has 0 N–H and O–H groups in total.